The van der Waals surface area contributed by atoms with Gasteiger partial charge in [-0.1, -0.05) is 36.4 Å². The normalized spacial score (nSPS) is 33.9. The van der Waals surface area contributed by atoms with E-state index in [1.807, 2.05) is 0 Å². The number of hydrogen-bond donors (Lipinski definition) is 1. The molecule has 15 heavy (non-hydrogen) atoms. The second-order valence-electron chi connectivity index (χ2n) is 4.85. The van der Waals surface area contributed by atoms with Gasteiger partial charge < -0.3 is 5.73 Å². The quantitative estimate of drug-likeness (QED) is 0.739. The highest BCUT2D eigenvalue weighted by Gasteiger charge is 2.34. The van der Waals surface area contributed by atoms with Crippen molar-refractivity contribution in [3.8, 4) is 0 Å². The Morgan fingerprint density at radius 3 is 2.67 bits per heavy atom. The van der Waals surface area contributed by atoms with Gasteiger partial charge in [0.15, 0.2) is 0 Å². The van der Waals surface area contributed by atoms with Gasteiger partial charge in [0.1, 0.15) is 0 Å². The highest BCUT2D eigenvalue weighted by molar-refractivity contribution is 5.71. The molecule has 1 aromatic rings. The predicted octanol–water partition coefficient (Wildman–Crippen LogP) is 2.83. The van der Waals surface area contributed by atoms with E-state index in [4.69, 9.17) is 5.73 Å². The van der Waals surface area contributed by atoms with E-state index in [2.05, 4.69) is 36.4 Å². The molecule has 0 aromatic heterocycles. The Balaban J connectivity index is 1.99. The van der Waals surface area contributed by atoms with Gasteiger partial charge in [0.05, 0.1) is 0 Å². The lowest BCUT2D eigenvalue weighted by Gasteiger charge is -2.27. The first-order valence-corrected chi connectivity index (χ1v) is 5.87. The third kappa shape index (κ3) is 1.51. The molecule has 1 aromatic carbocycles. The first-order chi connectivity index (χ1) is 7.34. The van der Waals surface area contributed by atoms with E-state index >= 15 is 0 Å². The minimum absolute atomic E-state index is 0.270. The average molecular weight is 199 g/mol. The van der Waals surface area contributed by atoms with E-state index in [-0.39, 0.29) is 6.04 Å². The Bertz CT molecular complexity index is 380. The van der Waals surface area contributed by atoms with E-state index in [9.17, 15) is 0 Å². The molecule has 0 saturated heterocycles. The topological polar surface area (TPSA) is 26.0 Å². The van der Waals surface area contributed by atoms with Gasteiger partial charge in [-0.2, -0.15) is 0 Å². The van der Waals surface area contributed by atoms with Crippen LogP contribution >= 0.6 is 0 Å². The second kappa shape index (κ2) is 3.49. The van der Waals surface area contributed by atoms with Crippen molar-refractivity contribution in [3.63, 3.8) is 0 Å². The number of nitrogens with two attached hydrogens (primary N) is 1. The maximum atomic E-state index is 6.32. The van der Waals surface area contributed by atoms with Crippen molar-refractivity contribution in [2.24, 2.45) is 17.6 Å². The van der Waals surface area contributed by atoms with Crippen molar-refractivity contribution in [2.45, 2.75) is 25.3 Å². The lowest BCUT2D eigenvalue weighted by atomic mass is 9.82. The van der Waals surface area contributed by atoms with Gasteiger partial charge in [-0.3, -0.25) is 0 Å². The van der Waals surface area contributed by atoms with Gasteiger partial charge in [0.2, 0.25) is 0 Å². The first-order valence-electron chi connectivity index (χ1n) is 5.87. The van der Waals surface area contributed by atoms with E-state index in [0.29, 0.717) is 0 Å². The third-order valence-corrected chi connectivity index (χ3v) is 3.90. The van der Waals surface area contributed by atoms with Gasteiger partial charge in [0, 0.05) is 6.04 Å². The van der Waals surface area contributed by atoms with Crippen molar-refractivity contribution in [3.05, 3.63) is 42.0 Å². The molecule has 3 rings (SSSR count). The summed E-state index contributed by atoms with van der Waals surface area (Å²) in [6.07, 6.45) is 6.40. The fourth-order valence-corrected chi connectivity index (χ4v) is 3.07. The molecule has 3 atom stereocenters. The number of rotatable bonds is 1. The molecule has 2 bridgehead atoms. The van der Waals surface area contributed by atoms with Crippen LogP contribution in [0.15, 0.2) is 36.4 Å². The van der Waals surface area contributed by atoms with Crippen LogP contribution in [0.25, 0.3) is 5.57 Å². The zero-order valence-electron chi connectivity index (χ0n) is 8.89. The Morgan fingerprint density at radius 2 is 1.87 bits per heavy atom. The van der Waals surface area contributed by atoms with Crippen molar-refractivity contribution in [2.75, 3.05) is 0 Å². The Kier molecular flexibility index (Phi) is 2.14. The molecule has 1 fully saturated rings. The van der Waals surface area contributed by atoms with E-state index < -0.39 is 0 Å². The number of allylic oxidation sites excluding steroid dienone is 1. The molecule has 2 aliphatic rings. The fraction of sp³-hybridized carbons (Fsp3) is 0.429. The molecule has 0 heterocycles. The van der Waals surface area contributed by atoms with E-state index in [1.54, 1.807) is 0 Å². The molecular formula is C14H17N. The first kappa shape index (κ1) is 9.17. The van der Waals surface area contributed by atoms with Crippen LogP contribution < -0.4 is 5.73 Å². The zero-order chi connectivity index (χ0) is 10.3. The summed E-state index contributed by atoms with van der Waals surface area (Å²) in [5.74, 6) is 1.53. The van der Waals surface area contributed by atoms with Crippen LogP contribution in [0.2, 0.25) is 0 Å². The third-order valence-electron chi connectivity index (χ3n) is 3.90. The summed E-state index contributed by atoms with van der Waals surface area (Å²) in [5.41, 5.74) is 9.03. The summed E-state index contributed by atoms with van der Waals surface area (Å²) in [7, 11) is 0. The average Bonchev–Trinajstić information content (AvgIpc) is 2.69. The number of benzene rings is 1. The smallest absolute Gasteiger partial charge is 0.0326 e. The fourth-order valence-electron chi connectivity index (χ4n) is 3.07. The highest BCUT2D eigenvalue weighted by atomic mass is 14.7. The molecule has 1 heteroatoms. The lowest BCUT2D eigenvalue weighted by molar-refractivity contribution is 0.472. The minimum atomic E-state index is 0.270. The SMILES string of the molecule is N[C@H]1C(c2ccccc2)=C[C@@H]2CC[C@H]1C2. The van der Waals surface area contributed by atoms with Crippen molar-refractivity contribution in [1.82, 2.24) is 0 Å². The van der Waals surface area contributed by atoms with Gasteiger partial charge in [-0.05, 0) is 42.2 Å². The predicted molar refractivity (Wildman–Crippen MR) is 63.2 cm³/mol. The van der Waals surface area contributed by atoms with Gasteiger partial charge in [-0.25, -0.2) is 0 Å². The molecular weight excluding hydrogens is 182 g/mol. The van der Waals surface area contributed by atoms with Gasteiger partial charge >= 0.3 is 0 Å². The molecule has 0 spiro atoms. The van der Waals surface area contributed by atoms with Crippen LogP contribution in [-0.2, 0) is 0 Å². The minimum Gasteiger partial charge on any atom is -0.324 e. The molecule has 2 aliphatic carbocycles. The van der Waals surface area contributed by atoms with E-state index in [0.717, 1.165) is 11.8 Å². The summed E-state index contributed by atoms with van der Waals surface area (Å²) in [4.78, 5) is 0. The Morgan fingerprint density at radius 1 is 1.07 bits per heavy atom. The second-order valence-corrected chi connectivity index (χ2v) is 4.85. The standard InChI is InChI=1S/C14H17N/c15-14-12-7-6-10(8-12)9-13(14)11-4-2-1-3-5-11/h1-5,9-10,12,14H,6-8,15H2/t10-,12+,14-/m1/s1. The Hall–Kier alpha value is -1.08. The molecule has 0 radical (unpaired) electrons. The summed E-state index contributed by atoms with van der Waals surface area (Å²) in [6.45, 7) is 0. The van der Waals surface area contributed by atoms with Crippen molar-refractivity contribution >= 4 is 5.57 Å². The molecule has 0 amide bonds. The summed E-state index contributed by atoms with van der Waals surface area (Å²) >= 11 is 0. The zero-order valence-corrected chi connectivity index (χ0v) is 8.89. The van der Waals surface area contributed by atoms with Crippen LogP contribution in [-0.4, -0.2) is 6.04 Å². The maximum Gasteiger partial charge on any atom is 0.0326 e. The number of hydrogen-bond acceptors (Lipinski definition) is 1. The Labute approximate surface area is 91.0 Å². The molecule has 2 N–H and O–H groups in total. The molecule has 1 nitrogen and oxygen atoms in total. The molecule has 0 aliphatic heterocycles. The van der Waals surface area contributed by atoms with Crippen LogP contribution in [0.1, 0.15) is 24.8 Å². The highest BCUT2D eigenvalue weighted by Crippen LogP contribution is 2.43. The molecule has 1 saturated carbocycles. The summed E-state index contributed by atoms with van der Waals surface area (Å²) in [6, 6.07) is 10.9. The number of fused-ring (bicyclic) bond motifs is 2. The maximum absolute atomic E-state index is 6.32. The monoisotopic (exact) mass is 199 g/mol. The lowest BCUT2D eigenvalue weighted by Crippen LogP contribution is -2.32. The van der Waals surface area contributed by atoms with Gasteiger partial charge in [0.25, 0.3) is 0 Å². The summed E-state index contributed by atoms with van der Waals surface area (Å²) < 4.78 is 0. The van der Waals surface area contributed by atoms with Gasteiger partial charge in [-0.15, -0.1) is 0 Å². The van der Waals surface area contributed by atoms with Crippen LogP contribution in [0, 0.1) is 11.8 Å². The van der Waals surface area contributed by atoms with Crippen molar-refractivity contribution in [1.29, 1.82) is 0 Å². The summed E-state index contributed by atoms with van der Waals surface area (Å²) in [5, 5.41) is 0. The molecule has 0 unspecified atom stereocenters. The largest absolute Gasteiger partial charge is 0.324 e. The van der Waals surface area contributed by atoms with Crippen LogP contribution in [0.4, 0.5) is 0 Å². The van der Waals surface area contributed by atoms with E-state index in [1.165, 1.54) is 30.4 Å². The van der Waals surface area contributed by atoms with Crippen LogP contribution in [0.3, 0.4) is 0 Å². The molecule has 78 valence electrons. The van der Waals surface area contributed by atoms with Crippen molar-refractivity contribution < 1.29 is 0 Å². The van der Waals surface area contributed by atoms with Crippen LogP contribution in [0.5, 0.6) is 0 Å².